The summed E-state index contributed by atoms with van der Waals surface area (Å²) >= 11 is -2.36. The fraction of sp³-hybridized carbons (Fsp3) is 0.519. The molecule has 10 nitrogen and oxygen atoms in total. The molecule has 38 heavy (non-hydrogen) atoms. The van der Waals surface area contributed by atoms with Gasteiger partial charge in [0.1, 0.15) is 11.9 Å². The van der Waals surface area contributed by atoms with Crippen LogP contribution >= 0.6 is 0 Å². The van der Waals surface area contributed by atoms with Crippen molar-refractivity contribution in [2.75, 3.05) is 44.7 Å². The van der Waals surface area contributed by atoms with Crippen molar-refractivity contribution < 1.29 is 28.2 Å². The fourth-order valence-corrected chi connectivity index (χ4v) is 4.98. The molecule has 0 spiro atoms. The Kier molecular flexibility index (Phi) is 12.1. The van der Waals surface area contributed by atoms with Gasteiger partial charge in [0, 0.05) is 31.9 Å². The zero-order chi connectivity index (χ0) is 27.3. The molecule has 1 aliphatic heterocycles. The van der Waals surface area contributed by atoms with Crippen LogP contribution in [0.5, 0.6) is 0 Å². The first-order chi connectivity index (χ1) is 18.4. The van der Waals surface area contributed by atoms with Crippen LogP contribution in [0.25, 0.3) is 0 Å². The second kappa shape index (κ2) is 15.5. The first-order valence-corrected chi connectivity index (χ1v) is 14.3. The molecule has 3 rings (SSSR count). The smallest absolute Gasteiger partial charge is 0.326 e. The van der Waals surface area contributed by atoms with Crippen LogP contribution in [0.1, 0.15) is 54.2 Å². The standard InChI is InChI=1S/C27H38N4O6S/c1-2-37-19-18-31(16-6-5-9-21-13-12-20-8-7-15-28-25(20)29-21)17-14-23(27(33)34)30-26(32)22-10-3-4-11-24(22)38(35)36/h3-4,10-13,23H,2,5-9,14-19H2,1H3,(H,28,29)(H,30,32)(H,33,34)(H,35,36). The summed E-state index contributed by atoms with van der Waals surface area (Å²) in [6, 6.07) is 9.01. The molecule has 0 saturated carbocycles. The second-order valence-electron chi connectivity index (χ2n) is 9.23. The Morgan fingerprint density at radius 1 is 1.18 bits per heavy atom. The number of carboxylic acid groups (broad SMARTS) is 1. The largest absolute Gasteiger partial charge is 0.480 e. The van der Waals surface area contributed by atoms with Gasteiger partial charge in [0.15, 0.2) is 11.1 Å². The topological polar surface area (TPSA) is 141 Å². The summed E-state index contributed by atoms with van der Waals surface area (Å²) in [5.74, 6) is -0.845. The van der Waals surface area contributed by atoms with Gasteiger partial charge in [-0.05, 0) is 75.8 Å². The van der Waals surface area contributed by atoms with E-state index >= 15 is 0 Å². The van der Waals surface area contributed by atoms with Crippen LogP contribution < -0.4 is 10.6 Å². The lowest BCUT2D eigenvalue weighted by Crippen LogP contribution is -2.44. The monoisotopic (exact) mass is 546 g/mol. The summed E-state index contributed by atoms with van der Waals surface area (Å²) in [4.78, 5) is 31.5. The van der Waals surface area contributed by atoms with E-state index in [2.05, 4.69) is 27.7 Å². The highest BCUT2D eigenvalue weighted by Crippen LogP contribution is 2.20. The van der Waals surface area contributed by atoms with Gasteiger partial charge in [0.25, 0.3) is 5.91 Å². The number of rotatable bonds is 16. The third-order valence-corrected chi connectivity index (χ3v) is 7.25. The van der Waals surface area contributed by atoms with Gasteiger partial charge < -0.3 is 29.9 Å². The minimum atomic E-state index is -2.36. The molecule has 1 aliphatic rings. The van der Waals surface area contributed by atoms with E-state index in [-0.39, 0.29) is 16.9 Å². The number of fused-ring (bicyclic) bond motifs is 1. The highest BCUT2D eigenvalue weighted by molar-refractivity contribution is 7.79. The third-order valence-electron chi connectivity index (χ3n) is 6.52. The Balaban J connectivity index is 1.52. The number of aryl methyl sites for hydroxylation is 2. The number of anilines is 1. The number of amides is 1. The van der Waals surface area contributed by atoms with E-state index in [1.165, 1.54) is 17.7 Å². The molecule has 0 aliphatic carbocycles. The normalized spacial score (nSPS) is 14.4. The SMILES string of the molecule is CCOCCN(CCCCc1ccc2c(n1)NCCC2)CCC(NC(=O)c1ccccc1S(=O)O)C(=O)O. The van der Waals surface area contributed by atoms with Crippen LogP contribution in [0.2, 0.25) is 0 Å². The van der Waals surface area contributed by atoms with E-state index in [1.807, 2.05) is 6.92 Å². The van der Waals surface area contributed by atoms with Crippen molar-refractivity contribution in [2.24, 2.45) is 0 Å². The lowest BCUT2D eigenvalue weighted by atomic mass is 10.1. The van der Waals surface area contributed by atoms with Gasteiger partial charge in [0.05, 0.1) is 17.1 Å². The Morgan fingerprint density at radius 2 is 2.00 bits per heavy atom. The first kappa shape index (κ1) is 29.7. The van der Waals surface area contributed by atoms with Crippen LogP contribution in [-0.4, -0.2) is 81.1 Å². The van der Waals surface area contributed by atoms with Gasteiger partial charge in [-0.25, -0.2) is 14.0 Å². The number of carboxylic acids is 1. The molecule has 208 valence electrons. The maximum atomic E-state index is 12.7. The van der Waals surface area contributed by atoms with E-state index < -0.39 is 29.0 Å². The molecule has 2 heterocycles. The van der Waals surface area contributed by atoms with Crippen LogP contribution in [0.15, 0.2) is 41.3 Å². The summed E-state index contributed by atoms with van der Waals surface area (Å²) < 4.78 is 26.5. The van der Waals surface area contributed by atoms with Crippen molar-refractivity contribution in [3.8, 4) is 0 Å². The van der Waals surface area contributed by atoms with Crippen molar-refractivity contribution in [2.45, 2.75) is 56.4 Å². The maximum absolute atomic E-state index is 12.7. The summed E-state index contributed by atoms with van der Waals surface area (Å²) in [5, 5.41) is 15.6. The maximum Gasteiger partial charge on any atom is 0.326 e. The van der Waals surface area contributed by atoms with Crippen molar-refractivity contribution in [3.05, 3.63) is 53.2 Å². The number of hydrogen-bond acceptors (Lipinski definition) is 7. The van der Waals surface area contributed by atoms with E-state index in [0.717, 1.165) is 56.7 Å². The number of benzene rings is 1. The molecule has 4 N–H and O–H groups in total. The van der Waals surface area contributed by atoms with E-state index in [9.17, 15) is 23.5 Å². The quantitative estimate of drug-likeness (QED) is 0.185. The predicted octanol–water partition coefficient (Wildman–Crippen LogP) is 2.95. The molecule has 0 saturated heterocycles. The number of pyridine rings is 1. The molecule has 0 bridgehead atoms. The summed E-state index contributed by atoms with van der Waals surface area (Å²) in [5.41, 5.74) is 2.32. The van der Waals surface area contributed by atoms with E-state index in [4.69, 9.17) is 9.72 Å². The van der Waals surface area contributed by atoms with Gasteiger partial charge in [-0.15, -0.1) is 0 Å². The third kappa shape index (κ3) is 9.16. The van der Waals surface area contributed by atoms with Gasteiger partial charge in [-0.3, -0.25) is 4.79 Å². The van der Waals surface area contributed by atoms with Crippen LogP contribution in [0, 0.1) is 0 Å². The molecule has 0 fully saturated rings. The Bertz CT molecular complexity index is 1100. The highest BCUT2D eigenvalue weighted by atomic mass is 32.2. The second-order valence-corrected chi connectivity index (χ2v) is 10.2. The zero-order valence-electron chi connectivity index (χ0n) is 21.9. The zero-order valence-corrected chi connectivity index (χ0v) is 22.7. The molecule has 1 aromatic heterocycles. The number of aliphatic carboxylic acids is 1. The van der Waals surface area contributed by atoms with Crippen molar-refractivity contribution in [1.29, 1.82) is 0 Å². The van der Waals surface area contributed by atoms with E-state index in [0.29, 0.717) is 26.3 Å². The van der Waals surface area contributed by atoms with E-state index in [1.54, 1.807) is 12.1 Å². The van der Waals surface area contributed by atoms with Crippen molar-refractivity contribution in [3.63, 3.8) is 0 Å². The summed E-state index contributed by atoms with van der Waals surface area (Å²) in [7, 11) is 0. The molecular formula is C27H38N4O6S. The minimum absolute atomic E-state index is 0.0150. The summed E-state index contributed by atoms with van der Waals surface area (Å²) in [6.07, 6.45) is 5.12. The molecular weight excluding hydrogens is 508 g/mol. The van der Waals surface area contributed by atoms with Gasteiger partial charge >= 0.3 is 5.97 Å². The Hall–Kier alpha value is -2.86. The lowest BCUT2D eigenvalue weighted by Gasteiger charge is -2.24. The average Bonchev–Trinajstić information content (AvgIpc) is 2.92. The van der Waals surface area contributed by atoms with Crippen LogP contribution in [-0.2, 0) is 33.5 Å². The Morgan fingerprint density at radius 3 is 2.76 bits per heavy atom. The lowest BCUT2D eigenvalue weighted by molar-refractivity contribution is -0.139. The minimum Gasteiger partial charge on any atom is -0.480 e. The number of nitrogens with zero attached hydrogens (tertiary/aromatic N) is 2. The predicted molar refractivity (Wildman–Crippen MR) is 146 cm³/mol. The molecule has 2 atom stereocenters. The Labute approximate surface area is 226 Å². The number of ether oxygens (including phenoxy) is 1. The van der Waals surface area contributed by atoms with Crippen LogP contribution in [0.4, 0.5) is 5.82 Å². The number of aromatic nitrogens is 1. The average molecular weight is 547 g/mol. The molecule has 1 aromatic carbocycles. The number of carbonyl (C=O) groups excluding carboxylic acids is 1. The fourth-order valence-electron chi connectivity index (χ4n) is 4.43. The number of hydrogen-bond donors (Lipinski definition) is 4. The molecule has 11 heteroatoms. The van der Waals surface area contributed by atoms with Crippen molar-refractivity contribution >= 4 is 28.8 Å². The van der Waals surface area contributed by atoms with Gasteiger partial charge in [-0.1, -0.05) is 18.2 Å². The van der Waals surface area contributed by atoms with Gasteiger partial charge in [0.2, 0.25) is 0 Å². The highest BCUT2D eigenvalue weighted by Gasteiger charge is 2.24. The number of unbranched alkanes of at least 4 members (excludes halogenated alkanes) is 1. The van der Waals surface area contributed by atoms with Gasteiger partial charge in [-0.2, -0.15) is 0 Å². The summed E-state index contributed by atoms with van der Waals surface area (Å²) in [6.45, 7) is 5.91. The van der Waals surface area contributed by atoms with Crippen LogP contribution in [0.3, 0.4) is 0 Å². The number of nitrogens with one attached hydrogen (secondary N) is 2. The first-order valence-electron chi connectivity index (χ1n) is 13.1. The molecule has 2 aromatic rings. The molecule has 2 unspecified atom stereocenters. The molecule has 1 amide bonds. The van der Waals surface area contributed by atoms with Crippen molar-refractivity contribution in [1.82, 2.24) is 15.2 Å². The molecule has 0 radical (unpaired) electrons. The number of carbonyl (C=O) groups is 2.